The van der Waals surface area contributed by atoms with Crippen LogP contribution in [0.3, 0.4) is 0 Å². The summed E-state index contributed by atoms with van der Waals surface area (Å²) in [5, 5.41) is 2.50. The number of halogens is 3. The van der Waals surface area contributed by atoms with Crippen molar-refractivity contribution in [2.24, 2.45) is 0 Å². The number of amides is 1. The van der Waals surface area contributed by atoms with Crippen LogP contribution in [0.4, 0.5) is 13.2 Å². The molecule has 2 aromatic rings. The highest BCUT2D eigenvalue weighted by Gasteiger charge is 2.30. The molecule has 0 bridgehead atoms. The molecule has 0 unspecified atom stereocenters. The molecule has 1 N–H and O–H groups in total. The molecule has 0 saturated heterocycles. The van der Waals surface area contributed by atoms with Gasteiger partial charge in [-0.2, -0.15) is 13.2 Å². The molecule has 0 heterocycles. The fourth-order valence-corrected chi connectivity index (χ4v) is 2.55. The number of carbonyl (C=O) groups is 3. The van der Waals surface area contributed by atoms with Crippen LogP contribution in [-0.2, 0) is 31.7 Å². The SMILES string of the molecule is CC(=O)[C@@H](Cc1ccccc1)NC(=O)COC(=O)/C=C/c1cccc(C(F)(F)F)c1. The number of nitrogens with one attached hydrogen (secondary N) is 1. The highest BCUT2D eigenvalue weighted by Crippen LogP contribution is 2.29. The third kappa shape index (κ3) is 7.54. The quantitative estimate of drug-likeness (QED) is 0.525. The summed E-state index contributed by atoms with van der Waals surface area (Å²) in [4.78, 5) is 35.5. The third-order valence-corrected chi connectivity index (χ3v) is 4.08. The van der Waals surface area contributed by atoms with Crippen LogP contribution in [0, 0.1) is 0 Å². The van der Waals surface area contributed by atoms with E-state index in [-0.39, 0.29) is 11.3 Å². The Morgan fingerprint density at radius 1 is 1.07 bits per heavy atom. The molecule has 158 valence electrons. The largest absolute Gasteiger partial charge is 0.452 e. The summed E-state index contributed by atoms with van der Waals surface area (Å²) in [5.41, 5.74) is 0.177. The molecule has 0 aliphatic carbocycles. The minimum atomic E-state index is -4.49. The van der Waals surface area contributed by atoms with Crippen LogP contribution in [-0.4, -0.2) is 30.3 Å². The van der Waals surface area contributed by atoms with E-state index in [2.05, 4.69) is 5.32 Å². The van der Waals surface area contributed by atoms with E-state index in [1.54, 1.807) is 0 Å². The van der Waals surface area contributed by atoms with E-state index >= 15 is 0 Å². The molecule has 5 nitrogen and oxygen atoms in total. The fourth-order valence-electron chi connectivity index (χ4n) is 2.55. The van der Waals surface area contributed by atoms with Gasteiger partial charge in [0.05, 0.1) is 11.6 Å². The Labute approximate surface area is 171 Å². The van der Waals surface area contributed by atoms with Crippen molar-refractivity contribution >= 4 is 23.7 Å². The standard InChI is InChI=1S/C22H20F3NO4/c1-15(27)19(13-16-6-3-2-4-7-16)26-20(28)14-30-21(29)11-10-17-8-5-9-18(12-17)22(23,24)25/h2-12,19H,13-14H2,1H3,(H,26,28)/b11-10+/t19-/m1/s1. The van der Waals surface area contributed by atoms with Gasteiger partial charge in [0.15, 0.2) is 12.4 Å². The van der Waals surface area contributed by atoms with Crippen LogP contribution in [0.5, 0.6) is 0 Å². The molecular formula is C22H20F3NO4. The van der Waals surface area contributed by atoms with Crippen molar-refractivity contribution in [1.29, 1.82) is 0 Å². The van der Waals surface area contributed by atoms with Gasteiger partial charge in [0.25, 0.3) is 5.91 Å². The van der Waals surface area contributed by atoms with Gasteiger partial charge < -0.3 is 10.1 Å². The minimum absolute atomic E-state index is 0.158. The van der Waals surface area contributed by atoms with Crippen LogP contribution < -0.4 is 5.32 Å². The van der Waals surface area contributed by atoms with E-state index in [9.17, 15) is 27.6 Å². The summed E-state index contributed by atoms with van der Waals surface area (Å²) in [6, 6.07) is 12.7. The second-order valence-electron chi connectivity index (χ2n) is 6.48. The van der Waals surface area contributed by atoms with E-state index < -0.39 is 36.3 Å². The van der Waals surface area contributed by atoms with Crippen molar-refractivity contribution in [3.05, 3.63) is 77.4 Å². The molecule has 1 amide bonds. The van der Waals surface area contributed by atoms with Crippen LogP contribution in [0.2, 0.25) is 0 Å². The summed E-state index contributed by atoms with van der Waals surface area (Å²) in [5.74, 6) is -1.81. The average molecular weight is 419 g/mol. The predicted molar refractivity (Wildman–Crippen MR) is 104 cm³/mol. The van der Waals surface area contributed by atoms with Gasteiger partial charge in [-0.25, -0.2) is 4.79 Å². The Morgan fingerprint density at radius 2 is 1.77 bits per heavy atom. The molecule has 0 fully saturated rings. The normalized spacial score (nSPS) is 12.4. The maximum absolute atomic E-state index is 12.7. The zero-order valence-electron chi connectivity index (χ0n) is 16.1. The summed E-state index contributed by atoms with van der Waals surface area (Å²) >= 11 is 0. The number of hydrogen-bond donors (Lipinski definition) is 1. The van der Waals surface area contributed by atoms with Gasteiger partial charge in [0, 0.05) is 6.08 Å². The van der Waals surface area contributed by atoms with E-state index in [1.165, 1.54) is 19.1 Å². The van der Waals surface area contributed by atoms with Crippen LogP contribution >= 0.6 is 0 Å². The van der Waals surface area contributed by atoms with Crippen LogP contribution in [0.15, 0.2) is 60.7 Å². The maximum atomic E-state index is 12.7. The number of benzene rings is 2. The predicted octanol–water partition coefficient (Wildman–Crippen LogP) is 3.58. The number of alkyl halides is 3. The molecule has 2 rings (SSSR count). The average Bonchev–Trinajstić information content (AvgIpc) is 2.70. The van der Waals surface area contributed by atoms with E-state index in [1.807, 2.05) is 30.3 Å². The first kappa shape index (κ1) is 22.9. The molecule has 0 aliphatic heterocycles. The van der Waals surface area contributed by atoms with E-state index in [0.717, 1.165) is 29.8 Å². The monoisotopic (exact) mass is 419 g/mol. The van der Waals surface area contributed by atoms with Crippen molar-refractivity contribution in [3.63, 3.8) is 0 Å². The zero-order valence-corrected chi connectivity index (χ0v) is 16.1. The topological polar surface area (TPSA) is 72.5 Å². The summed E-state index contributed by atoms with van der Waals surface area (Å²) < 4.78 is 42.9. The third-order valence-electron chi connectivity index (χ3n) is 4.08. The highest BCUT2D eigenvalue weighted by molar-refractivity contribution is 5.91. The number of hydrogen-bond acceptors (Lipinski definition) is 4. The Kier molecular flexibility index (Phi) is 7.91. The smallest absolute Gasteiger partial charge is 0.416 e. The second-order valence-corrected chi connectivity index (χ2v) is 6.48. The molecule has 0 radical (unpaired) electrons. The first-order valence-corrected chi connectivity index (χ1v) is 9.01. The fraction of sp³-hybridized carbons (Fsp3) is 0.227. The van der Waals surface area contributed by atoms with E-state index in [4.69, 9.17) is 4.74 Å². The lowest BCUT2D eigenvalue weighted by Crippen LogP contribution is -2.43. The van der Waals surface area contributed by atoms with Crippen molar-refractivity contribution in [2.75, 3.05) is 6.61 Å². The van der Waals surface area contributed by atoms with Gasteiger partial charge in [-0.1, -0.05) is 42.5 Å². The molecule has 0 aliphatic rings. The van der Waals surface area contributed by atoms with Crippen molar-refractivity contribution in [1.82, 2.24) is 5.32 Å². The second kappa shape index (κ2) is 10.4. The zero-order chi connectivity index (χ0) is 22.1. The summed E-state index contributed by atoms with van der Waals surface area (Å²) in [6.45, 7) is 0.724. The Balaban J connectivity index is 1.87. The van der Waals surface area contributed by atoms with Crippen LogP contribution in [0.25, 0.3) is 6.08 Å². The minimum Gasteiger partial charge on any atom is -0.452 e. The van der Waals surface area contributed by atoms with Crippen molar-refractivity contribution in [2.45, 2.75) is 25.6 Å². The number of Topliss-reactive ketones (excluding diaryl/α,β-unsaturated/α-hetero) is 1. The number of ketones is 1. The Hall–Kier alpha value is -3.42. The molecule has 1 atom stereocenters. The molecule has 30 heavy (non-hydrogen) atoms. The van der Waals surface area contributed by atoms with Crippen LogP contribution in [0.1, 0.15) is 23.6 Å². The first-order chi connectivity index (χ1) is 14.1. The highest BCUT2D eigenvalue weighted by atomic mass is 19.4. The molecule has 2 aromatic carbocycles. The van der Waals surface area contributed by atoms with E-state index in [0.29, 0.717) is 6.42 Å². The molecule has 0 aromatic heterocycles. The molecule has 8 heteroatoms. The number of rotatable bonds is 8. The van der Waals surface area contributed by atoms with Gasteiger partial charge in [-0.05, 0) is 42.7 Å². The first-order valence-electron chi connectivity index (χ1n) is 9.01. The lowest BCUT2D eigenvalue weighted by atomic mass is 10.0. The van der Waals surface area contributed by atoms with Crippen molar-refractivity contribution in [3.8, 4) is 0 Å². The molecule has 0 spiro atoms. The van der Waals surface area contributed by atoms with Gasteiger partial charge >= 0.3 is 12.1 Å². The van der Waals surface area contributed by atoms with Gasteiger partial charge in [0.2, 0.25) is 0 Å². The van der Waals surface area contributed by atoms with Crippen molar-refractivity contribution < 1.29 is 32.3 Å². The lowest BCUT2D eigenvalue weighted by molar-refractivity contribution is -0.144. The molecule has 0 saturated carbocycles. The Bertz CT molecular complexity index is 923. The summed E-state index contributed by atoms with van der Waals surface area (Å²) in [6.07, 6.45) is -2.11. The van der Waals surface area contributed by atoms with Gasteiger partial charge in [-0.15, -0.1) is 0 Å². The van der Waals surface area contributed by atoms with Gasteiger partial charge in [-0.3, -0.25) is 9.59 Å². The maximum Gasteiger partial charge on any atom is 0.416 e. The number of carbonyl (C=O) groups excluding carboxylic acids is 3. The lowest BCUT2D eigenvalue weighted by Gasteiger charge is -2.16. The number of ether oxygens (including phenoxy) is 1. The number of esters is 1. The Morgan fingerprint density at radius 3 is 2.40 bits per heavy atom. The summed E-state index contributed by atoms with van der Waals surface area (Å²) in [7, 11) is 0. The molecular weight excluding hydrogens is 399 g/mol. The van der Waals surface area contributed by atoms with Gasteiger partial charge in [0.1, 0.15) is 0 Å².